The third kappa shape index (κ3) is 5.32. The highest BCUT2D eigenvalue weighted by molar-refractivity contribution is 5.73. The van der Waals surface area contributed by atoms with Crippen LogP contribution in [0, 0.1) is 5.92 Å². The quantitative estimate of drug-likeness (QED) is 0.776. The first kappa shape index (κ1) is 19.0. The average molecular weight is 355 g/mol. The zero-order valence-electron chi connectivity index (χ0n) is 14.0. The van der Waals surface area contributed by atoms with Crippen molar-refractivity contribution < 1.29 is 22.7 Å². The van der Waals surface area contributed by atoms with E-state index in [2.05, 4.69) is 10.3 Å². The van der Waals surface area contributed by atoms with E-state index in [1.807, 2.05) is 30.3 Å². The molecule has 0 bridgehead atoms. The molecule has 0 amide bonds. The minimum Gasteiger partial charge on any atom is -0.469 e. The maximum Gasteiger partial charge on any atom is 0.406 e. The van der Waals surface area contributed by atoms with Gasteiger partial charge in [0.25, 0.3) is 0 Å². The Morgan fingerprint density at radius 2 is 2.00 bits per heavy atom. The molecule has 25 heavy (non-hydrogen) atoms. The van der Waals surface area contributed by atoms with Crippen molar-refractivity contribution in [3.8, 4) is 0 Å². The number of hydrogen-bond acceptors (Lipinski definition) is 4. The molecule has 136 valence electrons. The number of alkyl halides is 3. The zero-order chi connectivity index (χ0) is 18.4. The Morgan fingerprint density at radius 1 is 1.32 bits per heavy atom. The summed E-state index contributed by atoms with van der Waals surface area (Å²) in [7, 11) is 1.30. The molecule has 1 heterocycles. The molecule has 0 aliphatic rings. The van der Waals surface area contributed by atoms with Crippen molar-refractivity contribution in [1.29, 1.82) is 0 Å². The molecule has 1 N–H and O–H groups in total. The van der Waals surface area contributed by atoms with Gasteiger partial charge in [-0.1, -0.05) is 37.3 Å². The van der Waals surface area contributed by atoms with Gasteiger partial charge in [-0.25, -0.2) is 4.98 Å². The van der Waals surface area contributed by atoms with Crippen molar-refractivity contribution >= 4 is 5.97 Å². The van der Waals surface area contributed by atoms with Crippen LogP contribution < -0.4 is 5.32 Å². The Balaban J connectivity index is 2.16. The number of carbonyl (C=O) groups excluding carboxylic acids is 1. The molecule has 8 heteroatoms. The maximum atomic E-state index is 12.6. The normalized spacial score (nSPS) is 14.1. The van der Waals surface area contributed by atoms with Gasteiger partial charge in [-0.3, -0.25) is 4.79 Å². The summed E-state index contributed by atoms with van der Waals surface area (Å²) in [6.45, 7) is 0.690. The van der Waals surface area contributed by atoms with Crippen molar-refractivity contribution in [2.75, 3.05) is 7.11 Å². The molecule has 5 nitrogen and oxygen atoms in total. The van der Waals surface area contributed by atoms with Gasteiger partial charge in [0.1, 0.15) is 12.4 Å². The fraction of sp³-hybridized carbons (Fsp3) is 0.412. The molecule has 0 unspecified atom stereocenters. The molecule has 2 aromatic rings. The first-order valence-electron chi connectivity index (χ1n) is 7.74. The van der Waals surface area contributed by atoms with E-state index in [-0.39, 0.29) is 12.4 Å². The first-order chi connectivity index (χ1) is 11.8. The maximum absolute atomic E-state index is 12.6. The van der Waals surface area contributed by atoms with Gasteiger partial charge < -0.3 is 14.6 Å². The molecule has 2 atom stereocenters. The second kappa shape index (κ2) is 8.15. The molecule has 0 fully saturated rings. The Morgan fingerprint density at radius 3 is 2.60 bits per heavy atom. The van der Waals surface area contributed by atoms with E-state index in [4.69, 9.17) is 4.74 Å². The van der Waals surface area contributed by atoms with Crippen molar-refractivity contribution in [3.05, 3.63) is 54.1 Å². The molecule has 1 aromatic heterocycles. The van der Waals surface area contributed by atoms with E-state index in [9.17, 15) is 18.0 Å². The number of imidazole rings is 1. The Bertz CT molecular complexity index is 686. The lowest BCUT2D eigenvalue weighted by molar-refractivity contribution is -0.146. The van der Waals surface area contributed by atoms with Crippen molar-refractivity contribution in [2.45, 2.75) is 32.2 Å². The number of nitrogens with one attached hydrogen (secondary N) is 1. The van der Waals surface area contributed by atoms with E-state index in [1.54, 1.807) is 6.92 Å². The van der Waals surface area contributed by atoms with E-state index >= 15 is 0 Å². The van der Waals surface area contributed by atoms with Gasteiger partial charge >= 0.3 is 12.1 Å². The number of halogens is 3. The van der Waals surface area contributed by atoms with Crippen LogP contribution in [0.3, 0.4) is 0 Å². The van der Waals surface area contributed by atoms with Crippen molar-refractivity contribution in [1.82, 2.24) is 14.9 Å². The second-order valence-corrected chi connectivity index (χ2v) is 5.67. The van der Waals surface area contributed by atoms with Crippen molar-refractivity contribution in [3.63, 3.8) is 0 Å². The van der Waals surface area contributed by atoms with Gasteiger partial charge in [-0.05, 0) is 5.56 Å². The number of ether oxygens (including phenoxy) is 1. The molecule has 0 aliphatic carbocycles. The topological polar surface area (TPSA) is 56.1 Å². The monoisotopic (exact) mass is 355 g/mol. The van der Waals surface area contributed by atoms with Gasteiger partial charge in [-0.2, -0.15) is 13.2 Å². The van der Waals surface area contributed by atoms with Crippen LogP contribution >= 0.6 is 0 Å². The standard InChI is InChI=1S/C17H20F3N3O2/c1-12(16(24)25-2)15(13-6-4-3-5-7-13)22-10-14-21-8-9-23(14)11-17(18,19)20/h3-9,12,15,22H,10-11H2,1-2H3/t12-,15+/m1/s1. The van der Waals surface area contributed by atoms with Crippen LogP contribution in [0.5, 0.6) is 0 Å². The van der Waals surface area contributed by atoms with Gasteiger partial charge in [0.05, 0.1) is 19.6 Å². The zero-order valence-corrected chi connectivity index (χ0v) is 14.0. The van der Waals surface area contributed by atoms with Crippen LogP contribution in [0.1, 0.15) is 24.4 Å². The average Bonchev–Trinajstić information content (AvgIpc) is 3.00. The molecule has 0 radical (unpaired) electrons. The summed E-state index contributed by atoms with van der Waals surface area (Å²) in [6.07, 6.45) is -1.72. The molecule has 0 spiro atoms. The highest BCUT2D eigenvalue weighted by atomic mass is 19.4. The predicted molar refractivity (Wildman–Crippen MR) is 85.5 cm³/mol. The molecule has 1 aromatic carbocycles. The predicted octanol–water partition coefficient (Wildman–Crippen LogP) is 3.09. The summed E-state index contributed by atoms with van der Waals surface area (Å²) in [5, 5.41) is 3.13. The van der Waals surface area contributed by atoms with E-state index in [0.717, 1.165) is 10.1 Å². The number of aromatic nitrogens is 2. The third-order valence-electron chi connectivity index (χ3n) is 3.86. The number of nitrogens with zero attached hydrogens (tertiary/aromatic N) is 2. The van der Waals surface area contributed by atoms with Crippen LogP contribution in [-0.4, -0.2) is 28.8 Å². The molecular formula is C17H20F3N3O2. The number of hydrogen-bond donors (Lipinski definition) is 1. The Labute approximate surface area is 143 Å². The first-order valence-corrected chi connectivity index (χ1v) is 7.74. The summed E-state index contributed by atoms with van der Waals surface area (Å²) in [4.78, 5) is 15.9. The van der Waals surface area contributed by atoms with Crippen LogP contribution in [0.2, 0.25) is 0 Å². The highest BCUT2D eigenvalue weighted by Gasteiger charge is 2.30. The van der Waals surface area contributed by atoms with E-state index in [0.29, 0.717) is 0 Å². The summed E-state index contributed by atoms with van der Waals surface area (Å²) in [5.41, 5.74) is 0.842. The van der Waals surface area contributed by atoms with Crippen molar-refractivity contribution in [2.24, 2.45) is 5.92 Å². The van der Waals surface area contributed by atoms with Crippen LogP contribution in [0.15, 0.2) is 42.7 Å². The molecular weight excluding hydrogens is 335 g/mol. The lowest BCUT2D eigenvalue weighted by Crippen LogP contribution is -2.33. The van der Waals surface area contributed by atoms with Gasteiger partial charge in [0.2, 0.25) is 0 Å². The fourth-order valence-electron chi connectivity index (χ4n) is 2.61. The lowest BCUT2D eigenvalue weighted by atomic mass is 9.94. The van der Waals surface area contributed by atoms with Gasteiger partial charge in [-0.15, -0.1) is 0 Å². The largest absolute Gasteiger partial charge is 0.469 e. The molecule has 0 aliphatic heterocycles. The number of carbonyl (C=O) groups is 1. The minimum atomic E-state index is -4.33. The Hall–Kier alpha value is -2.35. The third-order valence-corrected chi connectivity index (χ3v) is 3.86. The van der Waals surface area contributed by atoms with E-state index in [1.165, 1.54) is 19.5 Å². The van der Waals surface area contributed by atoms with Crippen LogP contribution in [0.4, 0.5) is 13.2 Å². The van der Waals surface area contributed by atoms with Crippen LogP contribution in [-0.2, 0) is 22.6 Å². The van der Waals surface area contributed by atoms with E-state index < -0.39 is 30.7 Å². The molecule has 2 rings (SSSR count). The Kier molecular flexibility index (Phi) is 6.19. The number of rotatable bonds is 7. The SMILES string of the molecule is COC(=O)[C@H](C)[C@H](NCc1nccn1CC(F)(F)F)c1ccccc1. The smallest absolute Gasteiger partial charge is 0.406 e. The van der Waals surface area contributed by atoms with Crippen LogP contribution in [0.25, 0.3) is 0 Å². The number of esters is 1. The van der Waals surface area contributed by atoms with Gasteiger partial charge in [0.15, 0.2) is 0 Å². The molecule has 0 saturated heterocycles. The summed E-state index contributed by atoms with van der Waals surface area (Å²) in [5.74, 6) is -0.672. The summed E-state index contributed by atoms with van der Waals surface area (Å²) in [6, 6.07) is 8.79. The summed E-state index contributed by atoms with van der Waals surface area (Å²) < 4.78 is 43.7. The number of benzene rings is 1. The second-order valence-electron chi connectivity index (χ2n) is 5.67. The highest BCUT2D eigenvalue weighted by Crippen LogP contribution is 2.24. The molecule has 0 saturated carbocycles. The fourth-order valence-corrected chi connectivity index (χ4v) is 2.61. The summed E-state index contributed by atoms with van der Waals surface area (Å²) >= 11 is 0. The lowest BCUT2D eigenvalue weighted by Gasteiger charge is -2.24. The minimum absolute atomic E-state index is 0.0873. The number of methoxy groups -OCH3 is 1. The van der Waals surface area contributed by atoms with Gasteiger partial charge in [0, 0.05) is 18.4 Å².